The maximum Gasteiger partial charge on any atom is 0.163 e. The van der Waals surface area contributed by atoms with Crippen LogP contribution < -0.4 is 5.32 Å². The normalized spacial score (nSPS) is 18.9. The highest BCUT2D eigenvalue weighted by Crippen LogP contribution is 2.22. The predicted molar refractivity (Wildman–Crippen MR) is 47.0 cm³/mol. The standard InChI is InChI=1S/C7H8INO/c8-7-2-1-6(10-7)5-3-9-4-5/h1-2,5,9H,3-4H2. The highest BCUT2D eigenvalue weighted by atomic mass is 127. The molecule has 0 atom stereocenters. The molecule has 0 radical (unpaired) electrons. The van der Waals surface area contributed by atoms with E-state index in [4.69, 9.17) is 4.42 Å². The van der Waals surface area contributed by atoms with Gasteiger partial charge in [-0.2, -0.15) is 0 Å². The Balaban J connectivity index is 2.17. The maximum absolute atomic E-state index is 5.43. The second kappa shape index (κ2) is 2.54. The van der Waals surface area contributed by atoms with Gasteiger partial charge in [0.15, 0.2) is 3.77 Å². The molecule has 54 valence electrons. The van der Waals surface area contributed by atoms with Gasteiger partial charge in [0, 0.05) is 19.0 Å². The van der Waals surface area contributed by atoms with E-state index in [0.29, 0.717) is 5.92 Å². The van der Waals surface area contributed by atoms with E-state index in [9.17, 15) is 0 Å². The molecule has 1 N–H and O–H groups in total. The molecule has 0 unspecified atom stereocenters. The lowest BCUT2D eigenvalue weighted by Crippen LogP contribution is -2.39. The molecule has 1 saturated heterocycles. The lowest BCUT2D eigenvalue weighted by molar-refractivity contribution is 0.361. The van der Waals surface area contributed by atoms with Crippen LogP contribution in [0.4, 0.5) is 0 Å². The van der Waals surface area contributed by atoms with E-state index >= 15 is 0 Å². The van der Waals surface area contributed by atoms with Crippen molar-refractivity contribution in [3.8, 4) is 0 Å². The summed E-state index contributed by atoms with van der Waals surface area (Å²) < 4.78 is 6.42. The Labute approximate surface area is 73.1 Å². The highest BCUT2D eigenvalue weighted by molar-refractivity contribution is 14.1. The minimum absolute atomic E-state index is 0.628. The van der Waals surface area contributed by atoms with Crippen molar-refractivity contribution in [1.29, 1.82) is 0 Å². The number of halogens is 1. The molecule has 0 aromatic carbocycles. The third-order valence-corrected chi connectivity index (χ3v) is 2.36. The van der Waals surface area contributed by atoms with Crippen LogP contribution in [0, 0.1) is 3.77 Å². The first-order valence-electron chi connectivity index (χ1n) is 3.32. The van der Waals surface area contributed by atoms with Crippen molar-refractivity contribution in [2.75, 3.05) is 13.1 Å². The first-order chi connectivity index (χ1) is 4.86. The van der Waals surface area contributed by atoms with Crippen LogP contribution in [0.15, 0.2) is 16.5 Å². The van der Waals surface area contributed by atoms with Gasteiger partial charge in [0.2, 0.25) is 0 Å². The topological polar surface area (TPSA) is 25.2 Å². The van der Waals surface area contributed by atoms with Crippen LogP contribution in [0.25, 0.3) is 0 Å². The molecule has 1 aromatic heterocycles. The fraction of sp³-hybridized carbons (Fsp3) is 0.429. The van der Waals surface area contributed by atoms with E-state index in [1.807, 2.05) is 6.07 Å². The van der Waals surface area contributed by atoms with Gasteiger partial charge in [-0.3, -0.25) is 0 Å². The summed E-state index contributed by atoms with van der Waals surface area (Å²) in [5.41, 5.74) is 0. The maximum atomic E-state index is 5.43. The van der Waals surface area contributed by atoms with Crippen LogP contribution in [0.5, 0.6) is 0 Å². The van der Waals surface area contributed by atoms with Gasteiger partial charge < -0.3 is 9.73 Å². The van der Waals surface area contributed by atoms with Gasteiger partial charge in [-0.1, -0.05) is 0 Å². The van der Waals surface area contributed by atoms with E-state index in [2.05, 4.69) is 34.0 Å². The van der Waals surface area contributed by atoms with Crippen LogP contribution >= 0.6 is 22.6 Å². The second-order valence-corrected chi connectivity index (χ2v) is 3.56. The highest BCUT2D eigenvalue weighted by Gasteiger charge is 2.21. The molecule has 10 heavy (non-hydrogen) atoms. The molecule has 0 aliphatic carbocycles. The molecule has 2 heterocycles. The number of rotatable bonds is 1. The average Bonchev–Trinajstić information content (AvgIpc) is 2.10. The van der Waals surface area contributed by atoms with Crippen molar-refractivity contribution in [1.82, 2.24) is 5.32 Å². The zero-order chi connectivity index (χ0) is 6.97. The van der Waals surface area contributed by atoms with Crippen molar-refractivity contribution >= 4 is 22.6 Å². The van der Waals surface area contributed by atoms with Crippen molar-refractivity contribution in [3.05, 3.63) is 21.7 Å². The molecular weight excluding hydrogens is 241 g/mol. The molecular formula is C7H8INO. The first-order valence-corrected chi connectivity index (χ1v) is 4.40. The third-order valence-electron chi connectivity index (χ3n) is 1.78. The Bertz CT molecular complexity index is 229. The van der Waals surface area contributed by atoms with Crippen molar-refractivity contribution < 1.29 is 4.42 Å². The fourth-order valence-electron chi connectivity index (χ4n) is 1.04. The van der Waals surface area contributed by atoms with Gasteiger partial charge in [-0.05, 0) is 34.7 Å². The van der Waals surface area contributed by atoms with Crippen LogP contribution in [-0.4, -0.2) is 13.1 Å². The number of hydrogen-bond acceptors (Lipinski definition) is 2. The van der Waals surface area contributed by atoms with Gasteiger partial charge in [-0.25, -0.2) is 0 Å². The fourth-order valence-corrected chi connectivity index (χ4v) is 1.47. The van der Waals surface area contributed by atoms with Gasteiger partial charge >= 0.3 is 0 Å². The van der Waals surface area contributed by atoms with E-state index in [1.165, 1.54) is 0 Å². The molecule has 1 fully saturated rings. The molecule has 0 bridgehead atoms. The molecule has 1 aliphatic rings. The zero-order valence-corrected chi connectivity index (χ0v) is 7.59. The summed E-state index contributed by atoms with van der Waals surface area (Å²) in [5, 5.41) is 3.21. The third kappa shape index (κ3) is 1.08. The Hall–Kier alpha value is -0.0300. The molecule has 0 amide bonds. The van der Waals surface area contributed by atoms with Crippen LogP contribution in [0.2, 0.25) is 0 Å². The number of hydrogen-bond donors (Lipinski definition) is 1. The van der Waals surface area contributed by atoms with E-state index in [1.54, 1.807) is 0 Å². The zero-order valence-electron chi connectivity index (χ0n) is 5.43. The molecule has 1 aliphatic heterocycles. The Morgan fingerprint density at radius 3 is 2.70 bits per heavy atom. The predicted octanol–water partition coefficient (Wildman–Crippen LogP) is 1.57. The van der Waals surface area contributed by atoms with Crippen molar-refractivity contribution in [2.24, 2.45) is 0 Å². The molecule has 1 aromatic rings. The molecule has 0 saturated carbocycles. The van der Waals surface area contributed by atoms with Crippen LogP contribution in [-0.2, 0) is 0 Å². The monoisotopic (exact) mass is 249 g/mol. The Morgan fingerprint density at radius 1 is 1.50 bits per heavy atom. The minimum Gasteiger partial charge on any atom is -0.455 e. The second-order valence-electron chi connectivity index (χ2n) is 2.50. The van der Waals surface area contributed by atoms with E-state index in [0.717, 1.165) is 22.6 Å². The van der Waals surface area contributed by atoms with Crippen LogP contribution in [0.1, 0.15) is 11.7 Å². The van der Waals surface area contributed by atoms with E-state index in [-0.39, 0.29) is 0 Å². The molecule has 2 nitrogen and oxygen atoms in total. The average molecular weight is 249 g/mol. The number of nitrogens with one attached hydrogen (secondary N) is 1. The summed E-state index contributed by atoms with van der Waals surface area (Å²) in [6.45, 7) is 2.15. The van der Waals surface area contributed by atoms with Gasteiger partial charge in [0.1, 0.15) is 5.76 Å². The summed E-state index contributed by atoms with van der Waals surface area (Å²) in [6.07, 6.45) is 0. The Kier molecular flexibility index (Phi) is 1.69. The number of furan rings is 1. The molecule has 3 heteroatoms. The minimum atomic E-state index is 0.628. The van der Waals surface area contributed by atoms with Gasteiger partial charge in [0.25, 0.3) is 0 Å². The van der Waals surface area contributed by atoms with Crippen molar-refractivity contribution in [2.45, 2.75) is 5.92 Å². The van der Waals surface area contributed by atoms with Crippen LogP contribution in [0.3, 0.4) is 0 Å². The molecule has 0 spiro atoms. The smallest absolute Gasteiger partial charge is 0.163 e. The SMILES string of the molecule is Ic1ccc(C2CNC2)o1. The first kappa shape index (κ1) is 6.67. The quantitative estimate of drug-likeness (QED) is 0.764. The van der Waals surface area contributed by atoms with Crippen molar-refractivity contribution in [3.63, 3.8) is 0 Å². The van der Waals surface area contributed by atoms with E-state index < -0.39 is 0 Å². The summed E-state index contributed by atoms with van der Waals surface area (Å²) in [7, 11) is 0. The molecule has 2 rings (SSSR count). The Morgan fingerprint density at radius 2 is 2.30 bits per heavy atom. The summed E-state index contributed by atoms with van der Waals surface area (Å²) in [4.78, 5) is 0. The van der Waals surface area contributed by atoms with Gasteiger partial charge in [-0.15, -0.1) is 0 Å². The van der Waals surface area contributed by atoms with Gasteiger partial charge in [0.05, 0.1) is 0 Å². The summed E-state index contributed by atoms with van der Waals surface area (Å²) in [6, 6.07) is 4.07. The largest absolute Gasteiger partial charge is 0.455 e. The lowest BCUT2D eigenvalue weighted by Gasteiger charge is -2.24. The summed E-state index contributed by atoms with van der Waals surface area (Å²) >= 11 is 2.19. The summed E-state index contributed by atoms with van der Waals surface area (Å²) in [5.74, 6) is 1.76. The lowest BCUT2D eigenvalue weighted by atomic mass is 10.0.